The minimum absolute atomic E-state index is 0.607. The summed E-state index contributed by atoms with van der Waals surface area (Å²) in [6.07, 6.45) is 0. The van der Waals surface area contributed by atoms with E-state index in [2.05, 4.69) is 23.1 Å². The van der Waals surface area contributed by atoms with Gasteiger partial charge in [0, 0.05) is 25.0 Å². The van der Waals surface area contributed by atoms with Gasteiger partial charge in [-0.05, 0) is 11.6 Å². The molecular weight excluding hydrogens is 302 g/mol. The fraction of sp³-hybridized carbons (Fsp3) is 0.300. The maximum absolute atomic E-state index is 6.03. The van der Waals surface area contributed by atoms with Crippen LogP contribution in [0.15, 0.2) is 59.0 Å². The van der Waals surface area contributed by atoms with Gasteiger partial charge in [-0.15, -0.1) is 0 Å². The van der Waals surface area contributed by atoms with Gasteiger partial charge in [0.05, 0.1) is 18.8 Å². The zero-order chi connectivity index (χ0) is 16.2. The van der Waals surface area contributed by atoms with Crippen LogP contribution in [-0.2, 0) is 4.74 Å². The number of furan rings is 1. The maximum Gasteiger partial charge on any atom is 0.293 e. The smallest absolute Gasteiger partial charge is 0.293 e. The molecule has 0 radical (unpaired) electrons. The molecule has 3 aromatic rings. The summed E-state index contributed by atoms with van der Waals surface area (Å²) in [5.41, 5.74) is 3.01. The van der Waals surface area contributed by atoms with E-state index in [-0.39, 0.29) is 0 Å². The van der Waals surface area contributed by atoms with Gasteiger partial charge in [-0.2, -0.15) is 0 Å². The molecule has 0 saturated carbocycles. The number of nitrogens with zero attached hydrogens (tertiary/aromatic N) is 1. The van der Waals surface area contributed by atoms with E-state index in [1.54, 1.807) is 0 Å². The molecule has 4 heteroatoms. The summed E-state index contributed by atoms with van der Waals surface area (Å²) in [5.74, 6) is 0.607. The van der Waals surface area contributed by atoms with E-state index >= 15 is 0 Å². The van der Waals surface area contributed by atoms with Crippen molar-refractivity contribution in [2.75, 3.05) is 39.5 Å². The summed E-state index contributed by atoms with van der Waals surface area (Å²) >= 11 is 0. The van der Waals surface area contributed by atoms with Crippen LogP contribution in [0.2, 0.25) is 0 Å². The average molecular weight is 323 g/mol. The van der Waals surface area contributed by atoms with E-state index in [0.29, 0.717) is 12.6 Å². The van der Waals surface area contributed by atoms with Crippen LogP contribution in [0.4, 0.5) is 0 Å². The Labute approximate surface area is 141 Å². The lowest BCUT2D eigenvalue weighted by molar-refractivity contribution is 0.0310. The number of morpholine rings is 1. The van der Waals surface area contributed by atoms with Crippen LogP contribution in [-0.4, -0.2) is 44.4 Å². The number of rotatable bonds is 5. The second-order valence-electron chi connectivity index (χ2n) is 5.93. The highest BCUT2D eigenvalue weighted by atomic mass is 16.6. The summed E-state index contributed by atoms with van der Waals surface area (Å²) < 4.78 is 17.4. The van der Waals surface area contributed by atoms with Gasteiger partial charge >= 0.3 is 0 Å². The van der Waals surface area contributed by atoms with Gasteiger partial charge in [0.1, 0.15) is 12.2 Å². The fourth-order valence-electron chi connectivity index (χ4n) is 3.10. The van der Waals surface area contributed by atoms with Gasteiger partial charge in [0.15, 0.2) is 0 Å². The van der Waals surface area contributed by atoms with E-state index in [0.717, 1.165) is 54.9 Å². The predicted molar refractivity (Wildman–Crippen MR) is 94.4 cm³/mol. The molecule has 0 N–H and O–H groups in total. The molecule has 0 aliphatic carbocycles. The Morgan fingerprint density at radius 3 is 2.50 bits per heavy atom. The lowest BCUT2D eigenvalue weighted by Gasteiger charge is -2.26. The first kappa shape index (κ1) is 15.2. The van der Waals surface area contributed by atoms with Crippen LogP contribution in [0.1, 0.15) is 0 Å². The molecule has 2 aromatic carbocycles. The van der Waals surface area contributed by atoms with E-state index in [1.165, 1.54) is 0 Å². The highest BCUT2D eigenvalue weighted by Gasteiger charge is 2.17. The molecule has 1 aliphatic heterocycles. The first-order valence-corrected chi connectivity index (χ1v) is 8.42. The van der Waals surface area contributed by atoms with Gasteiger partial charge < -0.3 is 13.9 Å². The molecular formula is C20H21NO3. The number of hydrogen-bond acceptors (Lipinski definition) is 4. The highest BCUT2D eigenvalue weighted by molar-refractivity contribution is 5.97. The molecule has 0 spiro atoms. The van der Waals surface area contributed by atoms with Crippen molar-refractivity contribution in [3.63, 3.8) is 0 Å². The molecule has 1 fully saturated rings. The minimum Gasteiger partial charge on any atom is -0.463 e. The maximum atomic E-state index is 6.03. The standard InChI is InChI=1S/C20H21NO3/c1-2-6-16(7-3-1)19-17-8-4-5-9-18(17)24-20(19)23-15-12-21-10-13-22-14-11-21/h1-9H,10-15H2. The molecule has 0 atom stereocenters. The highest BCUT2D eigenvalue weighted by Crippen LogP contribution is 2.39. The summed E-state index contributed by atoms with van der Waals surface area (Å²) in [7, 11) is 0. The molecule has 1 aromatic heterocycles. The van der Waals surface area contributed by atoms with Crippen LogP contribution < -0.4 is 4.74 Å². The molecule has 2 heterocycles. The molecule has 1 saturated heterocycles. The quantitative estimate of drug-likeness (QED) is 0.715. The van der Waals surface area contributed by atoms with Gasteiger partial charge in [0.25, 0.3) is 5.95 Å². The zero-order valence-electron chi connectivity index (χ0n) is 13.6. The molecule has 124 valence electrons. The Morgan fingerprint density at radius 1 is 0.917 bits per heavy atom. The second-order valence-corrected chi connectivity index (χ2v) is 5.93. The molecule has 4 rings (SSSR count). The van der Waals surface area contributed by atoms with Crippen molar-refractivity contribution >= 4 is 11.0 Å². The molecule has 0 amide bonds. The van der Waals surface area contributed by atoms with E-state index in [4.69, 9.17) is 13.9 Å². The minimum atomic E-state index is 0.607. The monoisotopic (exact) mass is 323 g/mol. The average Bonchev–Trinajstić information content (AvgIpc) is 3.01. The Bertz CT molecular complexity index is 791. The van der Waals surface area contributed by atoms with Crippen LogP contribution in [0, 0.1) is 0 Å². The number of ether oxygens (including phenoxy) is 2. The molecule has 1 aliphatic rings. The summed E-state index contributed by atoms with van der Waals surface area (Å²) in [6.45, 7) is 5.04. The zero-order valence-corrected chi connectivity index (χ0v) is 13.6. The Balaban J connectivity index is 1.57. The summed E-state index contributed by atoms with van der Waals surface area (Å²) in [4.78, 5) is 2.36. The van der Waals surface area contributed by atoms with Crippen molar-refractivity contribution in [3.8, 4) is 17.1 Å². The Kier molecular flexibility index (Phi) is 4.49. The molecule has 0 bridgehead atoms. The number of hydrogen-bond donors (Lipinski definition) is 0. The lowest BCUT2D eigenvalue weighted by atomic mass is 10.0. The van der Waals surface area contributed by atoms with Gasteiger partial charge in [-0.3, -0.25) is 4.90 Å². The first-order chi connectivity index (χ1) is 11.9. The van der Waals surface area contributed by atoms with E-state index < -0.39 is 0 Å². The van der Waals surface area contributed by atoms with E-state index in [9.17, 15) is 0 Å². The lowest BCUT2D eigenvalue weighted by Crippen LogP contribution is -2.38. The topological polar surface area (TPSA) is 34.8 Å². The second kappa shape index (κ2) is 7.07. The fourth-order valence-corrected chi connectivity index (χ4v) is 3.10. The first-order valence-electron chi connectivity index (χ1n) is 8.42. The molecule has 4 nitrogen and oxygen atoms in total. The van der Waals surface area contributed by atoms with Crippen LogP contribution >= 0.6 is 0 Å². The third-order valence-corrected chi connectivity index (χ3v) is 4.37. The SMILES string of the molecule is c1ccc(-c2c(OCCN3CCOCC3)oc3ccccc23)cc1. The van der Waals surface area contributed by atoms with Crippen LogP contribution in [0.3, 0.4) is 0 Å². The number of fused-ring (bicyclic) bond motifs is 1. The van der Waals surface area contributed by atoms with Crippen molar-refractivity contribution in [1.29, 1.82) is 0 Å². The number of para-hydroxylation sites is 1. The third-order valence-electron chi connectivity index (χ3n) is 4.37. The Morgan fingerprint density at radius 2 is 1.67 bits per heavy atom. The van der Waals surface area contributed by atoms with Gasteiger partial charge in [-0.25, -0.2) is 0 Å². The predicted octanol–water partition coefficient (Wildman–Crippen LogP) is 3.81. The van der Waals surface area contributed by atoms with Crippen LogP contribution in [0.25, 0.3) is 22.1 Å². The van der Waals surface area contributed by atoms with Gasteiger partial charge in [0.2, 0.25) is 0 Å². The summed E-state index contributed by atoms with van der Waals surface area (Å²) in [5, 5.41) is 1.09. The Hall–Kier alpha value is -2.30. The van der Waals surface area contributed by atoms with Crippen molar-refractivity contribution in [2.45, 2.75) is 0 Å². The van der Waals surface area contributed by atoms with Crippen LogP contribution in [0.5, 0.6) is 5.95 Å². The normalized spacial score (nSPS) is 15.7. The molecule has 24 heavy (non-hydrogen) atoms. The van der Waals surface area contributed by atoms with Crippen molar-refractivity contribution in [3.05, 3.63) is 54.6 Å². The van der Waals surface area contributed by atoms with E-state index in [1.807, 2.05) is 36.4 Å². The summed E-state index contributed by atoms with van der Waals surface area (Å²) in [6, 6.07) is 18.3. The van der Waals surface area contributed by atoms with Crippen molar-refractivity contribution in [1.82, 2.24) is 4.90 Å². The molecule has 0 unspecified atom stereocenters. The number of benzene rings is 2. The van der Waals surface area contributed by atoms with Crippen molar-refractivity contribution < 1.29 is 13.9 Å². The van der Waals surface area contributed by atoms with Gasteiger partial charge in [-0.1, -0.05) is 48.5 Å². The van der Waals surface area contributed by atoms with Crippen molar-refractivity contribution in [2.24, 2.45) is 0 Å². The largest absolute Gasteiger partial charge is 0.463 e. The third kappa shape index (κ3) is 3.16.